The molecule has 3 aromatic heterocycles. The minimum absolute atomic E-state index is 0.191. The van der Waals surface area contributed by atoms with Crippen molar-refractivity contribution in [1.82, 2.24) is 25.3 Å². The third-order valence-electron chi connectivity index (χ3n) is 5.16. The van der Waals surface area contributed by atoms with E-state index in [4.69, 9.17) is 27.1 Å². The van der Waals surface area contributed by atoms with Gasteiger partial charge in [-0.05, 0) is 35.4 Å². The molecule has 3 N–H and O–H groups in total. The van der Waals surface area contributed by atoms with E-state index in [1.54, 1.807) is 6.20 Å². The van der Waals surface area contributed by atoms with Gasteiger partial charge >= 0.3 is 0 Å². The molecule has 156 valence electrons. The molecule has 0 amide bonds. The molecule has 4 heterocycles. The van der Waals surface area contributed by atoms with Crippen molar-refractivity contribution in [1.29, 1.82) is 0 Å². The molecule has 0 aliphatic carbocycles. The monoisotopic (exact) mass is 496 g/mol. The quantitative estimate of drug-likeness (QED) is 0.432. The highest BCUT2D eigenvalue weighted by molar-refractivity contribution is 9.10. The van der Waals surface area contributed by atoms with Crippen LogP contribution in [0.3, 0.4) is 0 Å². The van der Waals surface area contributed by atoms with Crippen LogP contribution in [0.5, 0.6) is 0 Å². The van der Waals surface area contributed by atoms with Gasteiger partial charge in [0.1, 0.15) is 18.2 Å². The maximum atomic E-state index is 6.33. The Morgan fingerprint density at radius 3 is 2.84 bits per heavy atom. The molecular formula is C22H18BrClN6O. The summed E-state index contributed by atoms with van der Waals surface area (Å²) in [7, 11) is 0. The molecule has 5 rings (SSSR count). The lowest BCUT2D eigenvalue weighted by atomic mass is 9.98. The van der Waals surface area contributed by atoms with Crippen LogP contribution in [0.1, 0.15) is 11.8 Å². The highest BCUT2D eigenvalue weighted by Crippen LogP contribution is 2.37. The lowest BCUT2D eigenvalue weighted by Crippen LogP contribution is -2.34. The molecule has 1 fully saturated rings. The van der Waals surface area contributed by atoms with Crippen LogP contribution in [0, 0.1) is 0 Å². The number of hydrogen-bond donors (Lipinski definition) is 2. The van der Waals surface area contributed by atoms with Crippen molar-refractivity contribution in [3.8, 4) is 22.4 Å². The van der Waals surface area contributed by atoms with Crippen LogP contribution < -0.4 is 11.1 Å². The Bertz CT molecular complexity index is 1280. The minimum Gasteiger partial charge on any atom is -0.383 e. The first-order valence-electron chi connectivity index (χ1n) is 9.75. The fourth-order valence-corrected chi connectivity index (χ4v) is 4.32. The molecule has 0 saturated carbocycles. The number of pyridine rings is 2. The van der Waals surface area contributed by atoms with E-state index in [9.17, 15) is 0 Å². The molecule has 0 radical (unpaired) electrons. The number of morpholine rings is 1. The van der Waals surface area contributed by atoms with Gasteiger partial charge in [-0.15, -0.1) is 0 Å². The summed E-state index contributed by atoms with van der Waals surface area (Å²) in [6, 6.07) is 11.8. The van der Waals surface area contributed by atoms with Crippen LogP contribution in [-0.4, -0.2) is 39.6 Å². The normalized spacial score (nSPS) is 16.5. The molecule has 4 aromatic rings. The van der Waals surface area contributed by atoms with Gasteiger partial charge in [-0.3, -0.25) is 4.98 Å². The van der Waals surface area contributed by atoms with Gasteiger partial charge in [0.25, 0.3) is 0 Å². The van der Waals surface area contributed by atoms with Gasteiger partial charge in [0.2, 0.25) is 0 Å². The Labute approximate surface area is 192 Å². The van der Waals surface area contributed by atoms with E-state index in [1.165, 1.54) is 6.33 Å². The Hall–Kier alpha value is -2.65. The lowest BCUT2D eigenvalue weighted by Gasteiger charge is -2.25. The minimum atomic E-state index is -0.191. The predicted octanol–water partition coefficient (Wildman–Crippen LogP) is 4.41. The second-order valence-corrected chi connectivity index (χ2v) is 8.52. The second-order valence-electron chi connectivity index (χ2n) is 7.17. The summed E-state index contributed by atoms with van der Waals surface area (Å²) in [5.74, 6) is 0.378. The SMILES string of the molecule is Nc1ncnc2nc(-c3cc(Cl)cnc3C3CNCCO3)cc(-c3cccc(Br)c3)c12. The van der Waals surface area contributed by atoms with E-state index in [2.05, 4.69) is 36.2 Å². The largest absolute Gasteiger partial charge is 0.383 e. The molecule has 0 spiro atoms. The van der Waals surface area contributed by atoms with Gasteiger partial charge in [0.05, 0.1) is 28.4 Å². The van der Waals surface area contributed by atoms with Crippen molar-refractivity contribution < 1.29 is 4.74 Å². The first-order valence-corrected chi connectivity index (χ1v) is 10.9. The number of rotatable bonds is 3. The number of fused-ring (bicyclic) bond motifs is 1. The first kappa shape index (κ1) is 20.3. The van der Waals surface area contributed by atoms with E-state index in [0.29, 0.717) is 40.7 Å². The zero-order valence-corrected chi connectivity index (χ0v) is 18.7. The molecule has 1 aromatic carbocycles. The number of halogens is 2. The second kappa shape index (κ2) is 8.47. The Kier molecular flexibility index (Phi) is 5.54. The topological polar surface area (TPSA) is 98.8 Å². The van der Waals surface area contributed by atoms with Crippen LogP contribution in [0.15, 0.2) is 53.4 Å². The van der Waals surface area contributed by atoms with Gasteiger partial charge < -0.3 is 15.8 Å². The van der Waals surface area contributed by atoms with Crippen molar-refractivity contribution in [2.24, 2.45) is 0 Å². The number of nitrogen functional groups attached to an aromatic ring is 1. The number of hydrogen-bond acceptors (Lipinski definition) is 7. The third-order valence-corrected chi connectivity index (χ3v) is 5.86. The van der Waals surface area contributed by atoms with E-state index < -0.39 is 0 Å². The van der Waals surface area contributed by atoms with Crippen LogP contribution in [0.25, 0.3) is 33.4 Å². The fourth-order valence-electron chi connectivity index (χ4n) is 3.76. The van der Waals surface area contributed by atoms with E-state index in [-0.39, 0.29) is 6.10 Å². The smallest absolute Gasteiger partial charge is 0.165 e. The van der Waals surface area contributed by atoms with Crippen molar-refractivity contribution in [3.05, 3.63) is 64.1 Å². The van der Waals surface area contributed by atoms with Crippen molar-refractivity contribution in [2.45, 2.75) is 6.10 Å². The highest BCUT2D eigenvalue weighted by atomic mass is 79.9. The van der Waals surface area contributed by atoms with Crippen LogP contribution >= 0.6 is 27.5 Å². The number of benzene rings is 1. The number of anilines is 1. The number of ether oxygens (including phenoxy) is 1. The number of aromatic nitrogens is 4. The molecule has 1 unspecified atom stereocenters. The van der Waals surface area contributed by atoms with E-state index in [1.807, 2.05) is 36.4 Å². The van der Waals surface area contributed by atoms with E-state index in [0.717, 1.165) is 33.4 Å². The molecule has 1 aliphatic rings. The summed E-state index contributed by atoms with van der Waals surface area (Å²) in [6.07, 6.45) is 2.86. The first-order chi connectivity index (χ1) is 15.1. The molecular weight excluding hydrogens is 480 g/mol. The molecule has 1 saturated heterocycles. The summed E-state index contributed by atoms with van der Waals surface area (Å²) in [5.41, 5.74) is 10.9. The van der Waals surface area contributed by atoms with Gasteiger partial charge in [-0.25, -0.2) is 15.0 Å². The Morgan fingerprint density at radius 2 is 2.03 bits per heavy atom. The molecule has 7 nitrogen and oxygen atoms in total. The highest BCUT2D eigenvalue weighted by Gasteiger charge is 2.23. The van der Waals surface area contributed by atoms with Gasteiger partial charge in [-0.2, -0.15) is 0 Å². The number of nitrogens with one attached hydrogen (secondary N) is 1. The zero-order valence-electron chi connectivity index (χ0n) is 16.3. The third kappa shape index (κ3) is 3.99. The number of nitrogens with two attached hydrogens (primary N) is 1. The predicted molar refractivity (Wildman–Crippen MR) is 125 cm³/mol. The maximum absolute atomic E-state index is 6.33. The van der Waals surface area contributed by atoms with E-state index >= 15 is 0 Å². The molecule has 9 heteroatoms. The fraction of sp³-hybridized carbons (Fsp3) is 0.182. The van der Waals surface area contributed by atoms with Gasteiger partial charge in [0.15, 0.2) is 5.65 Å². The van der Waals surface area contributed by atoms with Crippen molar-refractivity contribution in [2.75, 3.05) is 25.4 Å². The maximum Gasteiger partial charge on any atom is 0.165 e. The summed E-state index contributed by atoms with van der Waals surface area (Å²) in [5, 5.41) is 4.58. The summed E-state index contributed by atoms with van der Waals surface area (Å²) in [6.45, 7) is 2.10. The van der Waals surface area contributed by atoms with Crippen molar-refractivity contribution in [3.63, 3.8) is 0 Å². The average Bonchev–Trinajstić information content (AvgIpc) is 2.79. The Morgan fingerprint density at radius 1 is 1.13 bits per heavy atom. The van der Waals surface area contributed by atoms with Gasteiger partial charge in [0, 0.05) is 29.3 Å². The molecule has 0 bridgehead atoms. The summed E-state index contributed by atoms with van der Waals surface area (Å²) >= 11 is 9.88. The number of nitrogens with zero attached hydrogens (tertiary/aromatic N) is 4. The van der Waals surface area contributed by atoms with Crippen LogP contribution in [0.4, 0.5) is 5.82 Å². The average molecular weight is 498 g/mol. The molecule has 1 atom stereocenters. The van der Waals surface area contributed by atoms with Crippen molar-refractivity contribution >= 4 is 44.4 Å². The summed E-state index contributed by atoms with van der Waals surface area (Å²) < 4.78 is 6.91. The van der Waals surface area contributed by atoms with Gasteiger partial charge in [-0.1, -0.05) is 39.7 Å². The standard InChI is InChI=1S/C22H18BrClN6O/c23-13-3-1-2-12(6-13)15-8-17(30-22-19(15)21(25)28-11-29-22)16-7-14(24)9-27-20(16)18-10-26-4-5-31-18/h1-3,6-9,11,18,26H,4-5,10H2,(H2,25,28,29,30). The van der Waals surface area contributed by atoms with Crippen LogP contribution in [0.2, 0.25) is 5.02 Å². The molecule has 1 aliphatic heterocycles. The lowest BCUT2D eigenvalue weighted by molar-refractivity contribution is 0.0254. The Balaban J connectivity index is 1.76. The van der Waals surface area contributed by atoms with Crippen LogP contribution in [-0.2, 0) is 4.74 Å². The zero-order chi connectivity index (χ0) is 21.4. The molecule has 31 heavy (non-hydrogen) atoms. The summed E-state index contributed by atoms with van der Waals surface area (Å²) in [4.78, 5) is 18.0.